The molecule has 0 unspecified atom stereocenters. The highest BCUT2D eigenvalue weighted by atomic mass is 35.5. The molecule has 0 radical (unpaired) electrons. The van der Waals surface area contributed by atoms with E-state index in [-0.39, 0.29) is 4.90 Å². The van der Waals surface area contributed by atoms with Crippen LogP contribution in [0.15, 0.2) is 41.4 Å². The first-order valence-electron chi connectivity index (χ1n) is 8.05. The maximum Gasteiger partial charge on any atom is 0.244 e. The first-order chi connectivity index (χ1) is 11.9. The van der Waals surface area contributed by atoms with Gasteiger partial charge in [-0.2, -0.15) is 4.31 Å². The van der Waals surface area contributed by atoms with E-state index >= 15 is 0 Å². The molecule has 0 amide bonds. The van der Waals surface area contributed by atoms with Gasteiger partial charge in [0.25, 0.3) is 0 Å². The summed E-state index contributed by atoms with van der Waals surface area (Å²) in [7, 11) is -1.50. The average molecular weight is 381 g/mol. The Kier molecular flexibility index (Phi) is 5.29. The third-order valence-electron chi connectivity index (χ3n) is 4.37. The number of likely N-dealkylation sites (N-methyl/N-ethyl adjacent to an activating group) is 1. The van der Waals surface area contributed by atoms with Crippen LogP contribution in [0.25, 0.3) is 0 Å². The van der Waals surface area contributed by atoms with Gasteiger partial charge < -0.3 is 10.2 Å². The van der Waals surface area contributed by atoms with Gasteiger partial charge in [-0.15, -0.1) is 0 Å². The number of anilines is 2. The van der Waals surface area contributed by atoms with E-state index in [0.29, 0.717) is 23.9 Å². The van der Waals surface area contributed by atoms with E-state index in [9.17, 15) is 8.42 Å². The second-order valence-electron chi connectivity index (χ2n) is 6.12. The van der Waals surface area contributed by atoms with Gasteiger partial charge in [-0.3, -0.25) is 0 Å². The third-order valence-corrected chi connectivity index (χ3v) is 6.66. The second-order valence-corrected chi connectivity index (χ2v) is 8.47. The predicted octanol–water partition coefficient (Wildman–Crippen LogP) is 2.72. The summed E-state index contributed by atoms with van der Waals surface area (Å²) < 4.78 is 26.9. The van der Waals surface area contributed by atoms with Gasteiger partial charge in [-0.05, 0) is 43.8 Å². The standard InChI is InChI=1S/C17H21ClN4O2S/c1-13-15(18)4-3-5-16(13)20-17-7-6-14(12-19-17)25(23,24)22-10-8-21(2)9-11-22/h3-7,12H,8-11H2,1-2H3,(H,19,20). The van der Waals surface area contributed by atoms with Crippen molar-refractivity contribution in [1.29, 1.82) is 0 Å². The maximum atomic E-state index is 12.7. The Bertz CT molecular complexity index is 847. The Morgan fingerprint density at radius 3 is 2.48 bits per heavy atom. The number of nitrogens with zero attached hydrogens (tertiary/aromatic N) is 3. The van der Waals surface area contributed by atoms with Crippen LogP contribution in [-0.2, 0) is 10.0 Å². The smallest absolute Gasteiger partial charge is 0.244 e. The molecule has 1 aromatic heterocycles. The zero-order chi connectivity index (χ0) is 18.0. The number of benzene rings is 1. The second kappa shape index (κ2) is 7.29. The molecule has 2 heterocycles. The van der Waals surface area contributed by atoms with Crippen LogP contribution in [0.1, 0.15) is 5.56 Å². The Hall–Kier alpha value is -1.67. The number of hydrogen-bond donors (Lipinski definition) is 1. The van der Waals surface area contributed by atoms with Crippen LogP contribution in [-0.4, -0.2) is 55.8 Å². The highest BCUT2D eigenvalue weighted by Gasteiger charge is 2.27. The minimum Gasteiger partial charge on any atom is -0.340 e. The number of sulfonamides is 1. The van der Waals surface area contributed by atoms with E-state index in [1.54, 1.807) is 12.1 Å². The Morgan fingerprint density at radius 2 is 1.84 bits per heavy atom. The monoisotopic (exact) mass is 380 g/mol. The molecule has 8 heteroatoms. The highest BCUT2D eigenvalue weighted by molar-refractivity contribution is 7.89. The van der Waals surface area contributed by atoms with Crippen LogP contribution >= 0.6 is 11.6 Å². The lowest BCUT2D eigenvalue weighted by Crippen LogP contribution is -2.47. The largest absolute Gasteiger partial charge is 0.340 e. The minimum atomic E-state index is -3.49. The van der Waals surface area contributed by atoms with E-state index in [1.807, 2.05) is 32.2 Å². The Labute approximate surface area is 153 Å². The van der Waals surface area contributed by atoms with Crippen molar-refractivity contribution >= 4 is 33.1 Å². The molecule has 6 nitrogen and oxygen atoms in total. The number of nitrogens with one attached hydrogen (secondary N) is 1. The summed E-state index contributed by atoms with van der Waals surface area (Å²) in [4.78, 5) is 6.58. The normalized spacial score (nSPS) is 16.8. The molecule has 0 atom stereocenters. The summed E-state index contributed by atoms with van der Waals surface area (Å²) in [5.74, 6) is 0.572. The number of pyridine rings is 1. The molecular weight excluding hydrogens is 360 g/mol. The van der Waals surface area contributed by atoms with Gasteiger partial charge in [-0.25, -0.2) is 13.4 Å². The van der Waals surface area contributed by atoms with Crippen LogP contribution in [0, 0.1) is 6.92 Å². The molecule has 134 valence electrons. The Balaban J connectivity index is 1.77. The van der Waals surface area contributed by atoms with Crippen molar-refractivity contribution in [3.63, 3.8) is 0 Å². The van der Waals surface area contributed by atoms with Crippen molar-refractivity contribution in [3.05, 3.63) is 47.1 Å². The quantitative estimate of drug-likeness (QED) is 0.883. The van der Waals surface area contributed by atoms with E-state index in [4.69, 9.17) is 11.6 Å². The summed E-state index contributed by atoms with van der Waals surface area (Å²) in [6, 6.07) is 8.83. The van der Waals surface area contributed by atoms with Crippen molar-refractivity contribution in [3.8, 4) is 0 Å². The molecule has 0 saturated carbocycles. The summed E-state index contributed by atoms with van der Waals surface area (Å²) in [6.45, 7) is 4.39. The molecule has 2 aromatic rings. The lowest BCUT2D eigenvalue weighted by molar-refractivity contribution is 0.222. The van der Waals surface area contributed by atoms with Crippen molar-refractivity contribution in [1.82, 2.24) is 14.2 Å². The predicted molar refractivity (Wildman–Crippen MR) is 100.0 cm³/mol. The molecule has 1 aliphatic heterocycles. The number of aromatic nitrogens is 1. The maximum absolute atomic E-state index is 12.7. The molecule has 0 aliphatic carbocycles. The number of hydrogen-bond acceptors (Lipinski definition) is 5. The third kappa shape index (κ3) is 3.95. The molecular formula is C17H21ClN4O2S. The van der Waals surface area contributed by atoms with Crippen LogP contribution in [0.5, 0.6) is 0 Å². The van der Waals surface area contributed by atoms with E-state index in [2.05, 4.69) is 15.2 Å². The number of halogens is 1. The summed E-state index contributed by atoms with van der Waals surface area (Å²) in [6.07, 6.45) is 1.40. The Morgan fingerprint density at radius 1 is 1.12 bits per heavy atom. The van der Waals surface area contributed by atoms with E-state index in [0.717, 1.165) is 24.3 Å². The molecule has 1 fully saturated rings. The highest BCUT2D eigenvalue weighted by Crippen LogP contribution is 2.26. The average Bonchev–Trinajstić information content (AvgIpc) is 2.60. The molecule has 1 aromatic carbocycles. The number of rotatable bonds is 4. The molecule has 1 aliphatic rings. The first kappa shape index (κ1) is 18.1. The lowest BCUT2D eigenvalue weighted by Gasteiger charge is -2.31. The lowest BCUT2D eigenvalue weighted by atomic mass is 10.2. The van der Waals surface area contributed by atoms with Crippen LogP contribution in [0.2, 0.25) is 5.02 Å². The molecule has 0 spiro atoms. The van der Waals surface area contributed by atoms with Gasteiger partial charge in [0.1, 0.15) is 10.7 Å². The van der Waals surface area contributed by atoms with Gasteiger partial charge in [0.05, 0.1) is 0 Å². The zero-order valence-corrected chi connectivity index (χ0v) is 15.8. The fourth-order valence-electron chi connectivity index (χ4n) is 2.67. The van der Waals surface area contributed by atoms with Crippen molar-refractivity contribution in [2.75, 3.05) is 38.5 Å². The molecule has 1 saturated heterocycles. The first-order valence-corrected chi connectivity index (χ1v) is 9.86. The minimum absolute atomic E-state index is 0.213. The molecule has 25 heavy (non-hydrogen) atoms. The van der Waals surface area contributed by atoms with Gasteiger partial charge in [0.2, 0.25) is 10.0 Å². The fraction of sp³-hybridized carbons (Fsp3) is 0.353. The van der Waals surface area contributed by atoms with Gasteiger partial charge in [-0.1, -0.05) is 17.7 Å². The van der Waals surface area contributed by atoms with E-state index in [1.165, 1.54) is 10.5 Å². The molecule has 1 N–H and O–H groups in total. The van der Waals surface area contributed by atoms with Crippen LogP contribution < -0.4 is 5.32 Å². The van der Waals surface area contributed by atoms with E-state index < -0.39 is 10.0 Å². The van der Waals surface area contributed by atoms with Gasteiger partial charge in [0, 0.05) is 43.1 Å². The zero-order valence-electron chi connectivity index (χ0n) is 14.2. The molecule has 3 rings (SSSR count). The van der Waals surface area contributed by atoms with Crippen LogP contribution in [0.4, 0.5) is 11.5 Å². The fourth-order valence-corrected chi connectivity index (χ4v) is 4.21. The van der Waals surface area contributed by atoms with Gasteiger partial charge in [0.15, 0.2) is 0 Å². The summed E-state index contributed by atoms with van der Waals surface area (Å²) in [5, 5.41) is 3.83. The summed E-state index contributed by atoms with van der Waals surface area (Å²) >= 11 is 6.11. The SMILES string of the molecule is Cc1c(Cl)cccc1Nc1ccc(S(=O)(=O)N2CCN(C)CC2)cn1. The van der Waals surface area contributed by atoms with Crippen molar-refractivity contribution in [2.45, 2.75) is 11.8 Å². The summed E-state index contributed by atoms with van der Waals surface area (Å²) in [5.41, 5.74) is 1.76. The van der Waals surface area contributed by atoms with Crippen molar-refractivity contribution < 1.29 is 8.42 Å². The van der Waals surface area contributed by atoms with Crippen LogP contribution in [0.3, 0.4) is 0 Å². The van der Waals surface area contributed by atoms with Crippen molar-refractivity contribution in [2.24, 2.45) is 0 Å². The number of piperazine rings is 1. The molecule has 0 bridgehead atoms. The van der Waals surface area contributed by atoms with Gasteiger partial charge >= 0.3 is 0 Å². The topological polar surface area (TPSA) is 65.5 Å².